The van der Waals surface area contributed by atoms with Crippen molar-refractivity contribution >= 4 is 34.7 Å². The van der Waals surface area contributed by atoms with Gasteiger partial charge < -0.3 is 0 Å². The van der Waals surface area contributed by atoms with E-state index in [1.165, 1.54) is 0 Å². The Balaban J connectivity index is 0. The molecule has 0 N–H and O–H groups in total. The maximum Gasteiger partial charge on any atom is 0 e. The van der Waals surface area contributed by atoms with Gasteiger partial charge in [-0.05, 0) is 0 Å². The van der Waals surface area contributed by atoms with Gasteiger partial charge in [-0.3, -0.25) is 0 Å². The average molecular weight is 153 g/mol. The van der Waals surface area contributed by atoms with E-state index in [1.54, 1.807) is 0 Å². The molecule has 15 valence electrons. The van der Waals surface area contributed by atoms with Gasteiger partial charge in [-0.25, -0.2) is 0 Å². The van der Waals surface area contributed by atoms with Gasteiger partial charge in [0.2, 0.25) is 0 Å². The molecule has 0 rings (SSSR count). The van der Waals surface area contributed by atoms with Crippen LogP contribution in [0.2, 0.25) is 0 Å². The van der Waals surface area contributed by atoms with Gasteiger partial charge in [0, 0.05) is 75.0 Å². The molecule has 0 nitrogen and oxygen atoms in total. The molecule has 4 heteroatoms. The molecule has 0 fully saturated rings. The number of hydrogen-bond donors (Lipinski definition) is 0. The molecule has 7 radical (unpaired) electrons. The summed E-state index contributed by atoms with van der Waals surface area (Å²) in [5, 5.41) is 0. The molecule has 0 saturated carbocycles. The minimum atomic E-state index is 0. The second-order valence-electron chi connectivity index (χ2n) is 0. The second kappa shape index (κ2) is 18.3. The van der Waals surface area contributed by atoms with Crippen molar-refractivity contribution in [2.75, 3.05) is 0 Å². The van der Waals surface area contributed by atoms with Gasteiger partial charge >= 0.3 is 0 Å². The van der Waals surface area contributed by atoms with Crippen LogP contribution < -0.4 is 0 Å². The van der Waals surface area contributed by atoms with Crippen molar-refractivity contribution in [3.05, 3.63) is 0 Å². The molecule has 0 spiro atoms. The first-order valence-electron chi connectivity index (χ1n) is 0. The summed E-state index contributed by atoms with van der Waals surface area (Å²) in [5.41, 5.74) is 0. The van der Waals surface area contributed by atoms with Gasteiger partial charge in [-0.15, -0.1) is 0 Å². The minimum absolute atomic E-state index is 0. The summed E-state index contributed by atoms with van der Waals surface area (Å²) in [5.74, 6) is 0. The van der Waals surface area contributed by atoms with Crippen molar-refractivity contribution in [2.24, 2.45) is 0 Å². The average Bonchev–Trinajstić information content (AvgIpc) is 0. The Labute approximate surface area is 74.1 Å². The first-order chi connectivity index (χ1) is 0. The standard InChI is InChI=1S/2Al.Ti.V. The molecule has 0 aromatic rings. The largest absolute Gasteiger partial charge is 0 e. The van der Waals surface area contributed by atoms with E-state index < -0.39 is 0 Å². The summed E-state index contributed by atoms with van der Waals surface area (Å²) in [6.07, 6.45) is 0. The minimum Gasteiger partial charge on any atom is 0 e. The van der Waals surface area contributed by atoms with E-state index in [1.807, 2.05) is 0 Å². The summed E-state index contributed by atoms with van der Waals surface area (Å²) in [6.45, 7) is 0. The molecular weight excluding hydrogens is 153 g/mol. The molecule has 0 heterocycles. The normalized spacial score (nSPS) is 0. The van der Waals surface area contributed by atoms with Crippen LogP contribution in [-0.2, 0) is 40.3 Å². The van der Waals surface area contributed by atoms with Gasteiger partial charge in [-0.1, -0.05) is 0 Å². The Morgan fingerprint density at radius 2 is 0.750 bits per heavy atom. The first kappa shape index (κ1) is 32.8. The third-order valence-electron chi connectivity index (χ3n) is 0. The Morgan fingerprint density at radius 3 is 0.750 bits per heavy atom. The second-order valence-corrected chi connectivity index (χ2v) is 0. The van der Waals surface area contributed by atoms with Crippen molar-refractivity contribution in [3.8, 4) is 0 Å². The molecule has 4 heavy (non-hydrogen) atoms. The molecule has 0 amide bonds. The van der Waals surface area contributed by atoms with Crippen LogP contribution in [0.25, 0.3) is 0 Å². The molecule has 0 aliphatic carbocycles. The van der Waals surface area contributed by atoms with E-state index in [0.29, 0.717) is 0 Å². The van der Waals surface area contributed by atoms with Crippen LogP contribution in [0.1, 0.15) is 0 Å². The third kappa shape index (κ3) is 8.84. The third-order valence-corrected chi connectivity index (χ3v) is 0. The zero-order valence-electron chi connectivity index (χ0n) is 2.10. The Hall–Kier alpha value is 2.36. The zero-order valence-corrected chi connectivity index (χ0v) is 7.37. The van der Waals surface area contributed by atoms with Crippen LogP contribution in [0.3, 0.4) is 0 Å². The van der Waals surface area contributed by atoms with Crippen molar-refractivity contribution < 1.29 is 40.3 Å². The van der Waals surface area contributed by atoms with E-state index >= 15 is 0 Å². The van der Waals surface area contributed by atoms with E-state index in [9.17, 15) is 0 Å². The van der Waals surface area contributed by atoms with E-state index in [-0.39, 0.29) is 75.0 Å². The molecule has 0 saturated heterocycles. The van der Waals surface area contributed by atoms with Crippen LogP contribution in [0.4, 0.5) is 0 Å². The number of rotatable bonds is 0. The SMILES string of the molecule is [Al].[Al].[Ti].[V]. The molecule has 0 aliphatic heterocycles. The molecule has 0 aromatic carbocycles. The zero-order chi connectivity index (χ0) is 0. The van der Waals surface area contributed by atoms with Gasteiger partial charge in [0.1, 0.15) is 0 Å². The monoisotopic (exact) mass is 153 g/mol. The van der Waals surface area contributed by atoms with Gasteiger partial charge in [-0.2, -0.15) is 0 Å². The molecule has 0 unspecified atom stereocenters. The molecule has 0 aliphatic rings. The van der Waals surface area contributed by atoms with Crippen molar-refractivity contribution in [3.63, 3.8) is 0 Å². The summed E-state index contributed by atoms with van der Waals surface area (Å²) >= 11 is 0. The van der Waals surface area contributed by atoms with Crippen molar-refractivity contribution in [1.82, 2.24) is 0 Å². The Bertz CT molecular complexity index is 6.00. The van der Waals surface area contributed by atoms with Gasteiger partial charge in [0.25, 0.3) is 0 Å². The summed E-state index contributed by atoms with van der Waals surface area (Å²) in [6, 6.07) is 0. The predicted octanol–water partition coefficient (Wildman–Crippen LogP) is -0.767. The summed E-state index contributed by atoms with van der Waals surface area (Å²) < 4.78 is 0. The van der Waals surface area contributed by atoms with E-state index in [0.717, 1.165) is 0 Å². The molecule has 0 aromatic heterocycles. The van der Waals surface area contributed by atoms with Crippen LogP contribution >= 0.6 is 0 Å². The van der Waals surface area contributed by atoms with Crippen LogP contribution in [-0.4, -0.2) is 34.7 Å². The maximum atomic E-state index is 0. The van der Waals surface area contributed by atoms with Crippen molar-refractivity contribution in [1.29, 1.82) is 0 Å². The Morgan fingerprint density at radius 1 is 0.750 bits per heavy atom. The maximum absolute atomic E-state index is 0. The van der Waals surface area contributed by atoms with Gasteiger partial charge in [0.15, 0.2) is 0 Å². The molecule has 0 atom stereocenters. The van der Waals surface area contributed by atoms with Crippen LogP contribution in [0.15, 0.2) is 0 Å². The first-order valence-corrected chi connectivity index (χ1v) is 0. The smallest absolute Gasteiger partial charge is 0 e. The predicted molar refractivity (Wildman–Crippen MR) is 11.5 cm³/mol. The fraction of sp³-hybridized carbons (Fsp3) is 0. The van der Waals surface area contributed by atoms with E-state index in [4.69, 9.17) is 0 Å². The molecular formula is Al2TiV. The molecule has 0 bridgehead atoms. The fourth-order valence-electron chi connectivity index (χ4n) is 0. The quantitative estimate of drug-likeness (QED) is 0.401. The summed E-state index contributed by atoms with van der Waals surface area (Å²) in [4.78, 5) is 0. The number of hydrogen-bond acceptors (Lipinski definition) is 0. The Kier molecular flexibility index (Phi) is 150. The topological polar surface area (TPSA) is 0 Å². The fourth-order valence-corrected chi connectivity index (χ4v) is 0. The van der Waals surface area contributed by atoms with Gasteiger partial charge in [0.05, 0.1) is 0 Å². The van der Waals surface area contributed by atoms with Crippen LogP contribution in [0, 0.1) is 0 Å². The van der Waals surface area contributed by atoms with Crippen molar-refractivity contribution in [2.45, 2.75) is 0 Å². The summed E-state index contributed by atoms with van der Waals surface area (Å²) in [7, 11) is 0. The van der Waals surface area contributed by atoms with Crippen LogP contribution in [0.5, 0.6) is 0 Å². The van der Waals surface area contributed by atoms with E-state index in [2.05, 4.69) is 0 Å².